The van der Waals surface area contributed by atoms with Crippen molar-refractivity contribution in [1.82, 2.24) is 0 Å². The Kier molecular flexibility index (Phi) is 4.01. The summed E-state index contributed by atoms with van der Waals surface area (Å²) in [5.41, 5.74) is -0.633. The summed E-state index contributed by atoms with van der Waals surface area (Å²) >= 11 is 1.31. The lowest BCUT2D eigenvalue weighted by Crippen LogP contribution is -2.41. The number of thioether (sulfide) groups is 1. The Bertz CT molecular complexity index is 240. The average molecular weight is 216 g/mol. The van der Waals surface area contributed by atoms with Crippen molar-refractivity contribution in [2.75, 3.05) is 6.61 Å². The summed E-state index contributed by atoms with van der Waals surface area (Å²) in [6, 6.07) is 0. The average Bonchev–Trinajstić information content (AvgIpc) is 2.48. The minimum Gasteiger partial charge on any atom is -0.480 e. The van der Waals surface area contributed by atoms with Crippen LogP contribution in [0.1, 0.15) is 26.7 Å². The molecule has 0 saturated heterocycles. The summed E-state index contributed by atoms with van der Waals surface area (Å²) in [6.45, 7) is 4.54. The Morgan fingerprint density at radius 3 is 3.00 bits per heavy atom. The van der Waals surface area contributed by atoms with Gasteiger partial charge in [-0.2, -0.15) is 0 Å². The highest BCUT2D eigenvalue weighted by molar-refractivity contribution is 8.03. The third-order valence-electron chi connectivity index (χ3n) is 2.27. The van der Waals surface area contributed by atoms with E-state index < -0.39 is 16.8 Å². The minimum absolute atomic E-state index is 0.501. The molecule has 1 rings (SSSR count). The fourth-order valence-corrected chi connectivity index (χ4v) is 2.38. The zero-order valence-electron chi connectivity index (χ0n) is 8.53. The Morgan fingerprint density at radius 1 is 1.71 bits per heavy atom. The molecule has 80 valence electrons. The molecule has 0 aliphatic carbocycles. The number of hydrogen-bond acceptors (Lipinski definition) is 3. The van der Waals surface area contributed by atoms with Crippen molar-refractivity contribution in [3.05, 3.63) is 11.5 Å². The maximum atomic E-state index is 10.9. The van der Waals surface area contributed by atoms with Crippen LogP contribution >= 0.6 is 11.8 Å². The normalized spacial score (nSPS) is 30.9. The molecule has 0 aromatic rings. The lowest BCUT2D eigenvalue weighted by atomic mass is 10.0. The van der Waals surface area contributed by atoms with Gasteiger partial charge in [-0.1, -0.05) is 13.3 Å². The fourth-order valence-electron chi connectivity index (χ4n) is 1.34. The Morgan fingerprint density at radius 2 is 2.43 bits per heavy atom. The molecule has 0 radical (unpaired) electrons. The maximum Gasteiger partial charge on any atom is 0.320 e. The number of carbonyl (C=O) groups is 1. The van der Waals surface area contributed by atoms with Crippen LogP contribution in [0.4, 0.5) is 0 Å². The van der Waals surface area contributed by atoms with Crippen molar-refractivity contribution in [2.24, 2.45) is 0 Å². The summed E-state index contributed by atoms with van der Waals surface area (Å²) in [5, 5.41) is 10.3. The van der Waals surface area contributed by atoms with E-state index in [0.717, 1.165) is 12.8 Å². The molecule has 0 fully saturated rings. The first-order chi connectivity index (χ1) is 6.60. The van der Waals surface area contributed by atoms with Crippen molar-refractivity contribution in [3.8, 4) is 0 Å². The molecular weight excluding hydrogens is 200 g/mol. The van der Waals surface area contributed by atoms with Gasteiger partial charge in [0.25, 0.3) is 0 Å². The molecule has 2 atom stereocenters. The van der Waals surface area contributed by atoms with Gasteiger partial charge in [-0.05, 0) is 24.8 Å². The first-order valence-corrected chi connectivity index (χ1v) is 5.74. The van der Waals surface area contributed by atoms with Gasteiger partial charge >= 0.3 is 5.97 Å². The van der Waals surface area contributed by atoms with Gasteiger partial charge in [-0.3, -0.25) is 4.79 Å². The van der Waals surface area contributed by atoms with E-state index in [1.54, 1.807) is 0 Å². The largest absolute Gasteiger partial charge is 0.480 e. The van der Waals surface area contributed by atoms with E-state index in [1.165, 1.54) is 11.8 Å². The second kappa shape index (κ2) is 4.84. The molecule has 0 bridgehead atoms. The second-order valence-corrected chi connectivity index (χ2v) is 4.56. The molecule has 0 aromatic heterocycles. The standard InChI is InChI=1S/C10H16O3S/c1-3-4-6-13-10(2)5-7-14-8(10)9(11)12/h5,7-8H,3-4,6H2,1-2H3,(H,11,12). The first kappa shape index (κ1) is 11.6. The van der Waals surface area contributed by atoms with Crippen molar-refractivity contribution >= 4 is 17.7 Å². The predicted molar refractivity (Wildman–Crippen MR) is 57.4 cm³/mol. The van der Waals surface area contributed by atoms with Gasteiger partial charge in [0, 0.05) is 6.61 Å². The molecule has 1 aliphatic rings. The summed E-state index contributed by atoms with van der Waals surface area (Å²) in [4.78, 5) is 10.9. The predicted octanol–water partition coefficient (Wildman–Crippen LogP) is 2.28. The number of carboxylic acid groups (broad SMARTS) is 1. The highest BCUT2D eigenvalue weighted by Gasteiger charge is 2.41. The summed E-state index contributed by atoms with van der Waals surface area (Å²) < 4.78 is 5.62. The van der Waals surface area contributed by atoms with E-state index >= 15 is 0 Å². The van der Waals surface area contributed by atoms with Gasteiger partial charge in [-0.25, -0.2) is 0 Å². The smallest absolute Gasteiger partial charge is 0.320 e. The third-order valence-corrected chi connectivity index (χ3v) is 3.50. The Hall–Kier alpha value is -0.480. The fraction of sp³-hybridized carbons (Fsp3) is 0.700. The van der Waals surface area contributed by atoms with Crippen LogP contribution in [0.2, 0.25) is 0 Å². The molecule has 14 heavy (non-hydrogen) atoms. The van der Waals surface area contributed by atoms with E-state index in [4.69, 9.17) is 9.84 Å². The quantitative estimate of drug-likeness (QED) is 0.716. The molecule has 0 spiro atoms. The highest BCUT2D eigenvalue weighted by Crippen LogP contribution is 2.36. The summed E-state index contributed by atoms with van der Waals surface area (Å²) in [7, 11) is 0. The van der Waals surface area contributed by atoms with Crippen LogP contribution in [0.5, 0.6) is 0 Å². The van der Waals surface area contributed by atoms with Crippen LogP contribution in [0.15, 0.2) is 11.5 Å². The van der Waals surface area contributed by atoms with Crippen molar-refractivity contribution in [1.29, 1.82) is 0 Å². The van der Waals surface area contributed by atoms with E-state index in [1.807, 2.05) is 18.4 Å². The molecule has 0 aromatic carbocycles. The van der Waals surface area contributed by atoms with Crippen LogP contribution in [-0.4, -0.2) is 28.5 Å². The lowest BCUT2D eigenvalue weighted by Gasteiger charge is -2.27. The number of aliphatic carboxylic acids is 1. The number of ether oxygens (including phenoxy) is 1. The number of rotatable bonds is 5. The number of hydrogen-bond donors (Lipinski definition) is 1. The topological polar surface area (TPSA) is 46.5 Å². The van der Waals surface area contributed by atoms with Gasteiger partial charge in [-0.15, -0.1) is 11.8 Å². The van der Waals surface area contributed by atoms with E-state index in [0.29, 0.717) is 6.61 Å². The first-order valence-electron chi connectivity index (χ1n) is 4.80. The third kappa shape index (κ3) is 2.51. The van der Waals surface area contributed by atoms with Crippen molar-refractivity contribution in [3.63, 3.8) is 0 Å². The minimum atomic E-state index is -0.806. The van der Waals surface area contributed by atoms with E-state index in [-0.39, 0.29) is 0 Å². The van der Waals surface area contributed by atoms with Crippen molar-refractivity contribution in [2.45, 2.75) is 37.5 Å². The molecule has 1 aliphatic heterocycles. The van der Waals surface area contributed by atoms with Gasteiger partial charge in [0.1, 0.15) is 10.9 Å². The molecule has 0 amide bonds. The lowest BCUT2D eigenvalue weighted by molar-refractivity contribution is -0.141. The monoisotopic (exact) mass is 216 g/mol. The van der Waals surface area contributed by atoms with Gasteiger partial charge in [0.05, 0.1) is 0 Å². The second-order valence-electron chi connectivity index (χ2n) is 3.54. The van der Waals surface area contributed by atoms with Crippen LogP contribution in [0.25, 0.3) is 0 Å². The zero-order valence-corrected chi connectivity index (χ0v) is 9.34. The SMILES string of the molecule is CCCCOC1(C)C=CSC1C(=O)O. The highest BCUT2D eigenvalue weighted by atomic mass is 32.2. The molecule has 1 N–H and O–H groups in total. The summed E-state index contributed by atoms with van der Waals surface area (Å²) in [6.07, 6.45) is 3.87. The molecule has 3 nitrogen and oxygen atoms in total. The van der Waals surface area contributed by atoms with Gasteiger partial charge in [0.2, 0.25) is 0 Å². The van der Waals surface area contributed by atoms with Crippen LogP contribution in [0, 0.1) is 0 Å². The Labute approximate surface area is 88.5 Å². The molecular formula is C10H16O3S. The summed E-state index contributed by atoms with van der Waals surface area (Å²) in [5.74, 6) is -0.806. The maximum absolute atomic E-state index is 10.9. The Balaban J connectivity index is 2.52. The number of unbranched alkanes of at least 4 members (excludes halogenated alkanes) is 1. The van der Waals surface area contributed by atoms with Crippen molar-refractivity contribution < 1.29 is 14.6 Å². The van der Waals surface area contributed by atoms with Crippen LogP contribution in [-0.2, 0) is 9.53 Å². The van der Waals surface area contributed by atoms with Gasteiger partial charge in [0.15, 0.2) is 0 Å². The molecule has 4 heteroatoms. The van der Waals surface area contributed by atoms with Gasteiger partial charge < -0.3 is 9.84 Å². The molecule has 0 saturated carbocycles. The van der Waals surface area contributed by atoms with Crippen LogP contribution < -0.4 is 0 Å². The zero-order chi connectivity index (χ0) is 10.6. The van der Waals surface area contributed by atoms with E-state index in [9.17, 15) is 4.79 Å². The molecule has 1 heterocycles. The van der Waals surface area contributed by atoms with Crippen LogP contribution in [0.3, 0.4) is 0 Å². The number of carboxylic acids is 1. The van der Waals surface area contributed by atoms with E-state index in [2.05, 4.69) is 6.92 Å². The molecule has 2 unspecified atom stereocenters.